The van der Waals surface area contributed by atoms with Crippen LogP contribution in [0.2, 0.25) is 0 Å². The van der Waals surface area contributed by atoms with Crippen LogP contribution in [0.5, 0.6) is 0 Å². The summed E-state index contributed by atoms with van der Waals surface area (Å²) in [7, 11) is 0. The molecule has 1 fully saturated rings. The topological polar surface area (TPSA) is 23.9 Å². The molecule has 0 unspecified atom stereocenters. The second kappa shape index (κ2) is 0.837. The quantitative estimate of drug-likeness (QED) is 0.464. The van der Waals surface area contributed by atoms with E-state index >= 15 is 0 Å². The molecule has 0 heterocycles. The Hall–Kier alpha value is -0.330. The normalized spacial score (nSPS) is 26.2. The molecule has 0 radical (unpaired) electrons. The molecule has 0 aromatic heterocycles. The molecule has 1 rings (SSSR count). The van der Waals surface area contributed by atoms with Gasteiger partial charge in [0.15, 0.2) is 0 Å². The maximum atomic E-state index is 6.79. The van der Waals surface area contributed by atoms with Crippen molar-refractivity contribution in [3.63, 3.8) is 0 Å². The van der Waals surface area contributed by atoms with Gasteiger partial charge >= 0.3 is 0 Å². The Balaban J connectivity index is 2.47. The Morgan fingerprint density at radius 1 is 1.67 bits per heavy atom. The van der Waals surface area contributed by atoms with Crippen molar-refractivity contribution in [3.05, 3.63) is 0 Å². The SMILES string of the molecule is CC1(C=N)CC1. The summed E-state index contributed by atoms with van der Waals surface area (Å²) in [6.07, 6.45) is 4.01. The number of hydrogen-bond acceptors (Lipinski definition) is 1. The minimum Gasteiger partial charge on any atom is -0.313 e. The zero-order valence-corrected chi connectivity index (χ0v) is 3.99. The van der Waals surface area contributed by atoms with Gasteiger partial charge < -0.3 is 5.41 Å². The lowest BCUT2D eigenvalue weighted by molar-refractivity contribution is 0.821. The van der Waals surface area contributed by atoms with Gasteiger partial charge in [-0.05, 0) is 12.8 Å². The van der Waals surface area contributed by atoms with Crippen molar-refractivity contribution >= 4 is 6.21 Å². The molecule has 0 aromatic carbocycles. The summed E-state index contributed by atoms with van der Waals surface area (Å²) in [6, 6.07) is 0. The van der Waals surface area contributed by atoms with E-state index in [-0.39, 0.29) is 0 Å². The van der Waals surface area contributed by atoms with Gasteiger partial charge in [0.1, 0.15) is 0 Å². The summed E-state index contributed by atoms with van der Waals surface area (Å²) in [5.74, 6) is 0. The fraction of sp³-hybridized carbons (Fsp3) is 0.800. The van der Waals surface area contributed by atoms with Crippen molar-refractivity contribution in [3.8, 4) is 0 Å². The molecular weight excluding hydrogens is 74.1 g/mol. The van der Waals surface area contributed by atoms with Gasteiger partial charge in [-0.3, -0.25) is 0 Å². The molecule has 1 aliphatic rings. The molecule has 1 nitrogen and oxygen atoms in total. The van der Waals surface area contributed by atoms with Gasteiger partial charge in [-0.15, -0.1) is 0 Å². The van der Waals surface area contributed by atoms with Crippen LogP contribution in [-0.4, -0.2) is 6.21 Å². The van der Waals surface area contributed by atoms with Gasteiger partial charge in [0.05, 0.1) is 0 Å². The van der Waals surface area contributed by atoms with Crippen LogP contribution in [0.25, 0.3) is 0 Å². The Morgan fingerprint density at radius 2 is 2.17 bits per heavy atom. The van der Waals surface area contributed by atoms with E-state index in [4.69, 9.17) is 5.41 Å². The highest BCUT2D eigenvalue weighted by atomic mass is 14.5. The second-order valence-electron chi connectivity index (χ2n) is 2.30. The third kappa shape index (κ3) is 0.445. The van der Waals surface area contributed by atoms with E-state index < -0.39 is 0 Å². The standard InChI is InChI=1S/C5H9N/c1-5(4-6)2-3-5/h4,6H,2-3H2,1H3. The third-order valence-electron chi connectivity index (χ3n) is 1.39. The molecule has 0 atom stereocenters. The van der Waals surface area contributed by atoms with Crippen molar-refractivity contribution in [2.24, 2.45) is 5.41 Å². The first-order valence-corrected chi connectivity index (χ1v) is 2.28. The van der Waals surface area contributed by atoms with Gasteiger partial charge in [0, 0.05) is 11.6 Å². The molecule has 1 saturated carbocycles. The molecule has 1 aliphatic carbocycles. The minimum absolute atomic E-state index is 0.333. The Morgan fingerprint density at radius 3 is 2.17 bits per heavy atom. The Bertz CT molecular complexity index is 72.0. The largest absolute Gasteiger partial charge is 0.313 e. The van der Waals surface area contributed by atoms with Crippen molar-refractivity contribution in [1.29, 1.82) is 5.41 Å². The van der Waals surface area contributed by atoms with E-state index in [1.54, 1.807) is 6.21 Å². The zero-order chi connectivity index (χ0) is 4.62. The summed E-state index contributed by atoms with van der Waals surface area (Å²) >= 11 is 0. The van der Waals surface area contributed by atoms with Gasteiger partial charge in [0.2, 0.25) is 0 Å². The van der Waals surface area contributed by atoms with Gasteiger partial charge in [-0.2, -0.15) is 0 Å². The van der Waals surface area contributed by atoms with Crippen molar-refractivity contribution < 1.29 is 0 Å². The minimum atomic E-state index is 0.333. The lowest BCUT2D eigenvalue weighted by Gasteiger charge is -1.88. The average Bonchev–Trinajstić information content (AvgIpc) is 2.22. The van der Waals surface area contributed by atoms with E-state index in [1.165, 1.54) is 12.8 Å². The number of hydrogen-bond donors (Lipinski definition) is 1. The maximum Gasteiger partial charge on any atom is 0.00220 e. The molecule has 0 aromatic rings. The highest BCUT2D eigenvalue weighted by Gasteiger charge is 2.34. The third-order valence-corrected chi connectivity index (χ3v) is 1.39. The van der Waals surface area contributed by atoms with E-state index in [9.17, 15) is 0 Å². The summed E-state index contributed by atoms with van der Waals surface area (Å²) in [4.78, 5) is 0. The second-order valence-corrected chi connectivity index (χ2v) is 2.30. The van der Waals surface area contributed by atoms with Crippen molar-refractivity contribution in [2.75, 3.05) is 0 Å². The van der Waals surface area contributed by atoms with Crippen LogP contribution >= 0.6 is 0 Å². The first kappa shape index (κ1) is 3.85. The van der Waals surface area contributed by atoms with E-state index in [1.807, 2.05) is 0 Å². The van der Waals surface area contributed by atoms with Crippen molar-refractivity contribution in [1.82, 2.24) is 0 Å². The summed E-state index contributed by atoms with van der Waals surface area (Å²) in [5, 5.41) is 6.79. The molecule has 0 spiro atoms. The monoisotopic (exact) mass is 83.1 g/mol. The molecule has 1 N–H and O–H groups in total. The zero-order valence-electron chi connectivity index (χ0n) is 3.99. The van der Waals surface area contributed by atoms with Crippen LogP contribution in [0.4, 0.5) is 0 Å². The molecular formula is C5H9N. The first-order chi connectivity index (χ1) is 2.77. The van der Waals surface area contributed by atoms with Gasteiger partial charge in [-0.1, -0.05) is 6.92 Å². The van der Waals surface area contributed by atoms with Crippen LogP contribution in [-0.2, 0) is 0 Å². The predicted octanol–water partition coefficient (Wildman–Crippen LogP) is 1.44. The van der Waals surface area contributed by atoms with Gasteiger partial charge in [-0.25, -0.2) is 0 Å². The Kier molecular flexibility index (Phi) is 0.536. The van der Waals surface area contributed by atoms with Crippen LogP contribution in [0.3, 0.4) is 0 Å². The molecule has 0 aliphatic heterocycles. The number of nitrogens with one attached hydrogen (secondary N) is 1. The van der Waals surface area contributed by atoms with Gasteiger partial charge in [0.25, 0.3) is 0 Å². The lowest BCUT2D eigenvalue weighted by atomic mass is 10.2. The predicted molar refractivity (Wildman–Crippen MR) is 26.1 cm³/mol. The molecule has 1 heteroatoms. The van der Waals surface area contributed by atoms with Crippen LogP contribution in [0.15, 0.2) is 0 Å². The lowest BCUT2D eigenvalue weighted by Crippen LogP contribution is -1.89. The van der Waals surface area contributed by atoms with E-state index in [2.05, 4.69) is 6.92 Å². The highest BCUT2D eigenvalue weighted by molar-refractivity contribution is 5.65. The van der Waals surface area contributed by atoms with E-state index in [0.717, 1.165) is 0 Å². The molecule has 0 amide bonds. The van der Waals surface area contributed by atoms with Crippen LogP contribution in [0, 0.1) is 10.8 Å². The number of rotatable bonds is 1. The van der Waals surface area contributed by atoms with Crippen molar-refractivity contribution in [2.45, 2.75) is 19.8 Å². The summed E-state index contributed by atoms with van der Waals surface area (Å²) < 4.78 is 0. The van der Waals surface area contributed by atoms with Crippen LogP contribution < -0.4 is 0 Å². The fourth-order valence-electron chi connectivity index (χ4n) is 0.342. The summed E-state index contributed by atoms with van der Waals surface area (Å²) in [5.41, 5.74) is 0.333. The highest BCUT2D eigenvalue weighted by Crippen LogP contribution is 2.42. The molecule has 0 bridgehead atoms. The maximum absolute atomic E-state index is 6.79. The molecule has 34 valence electrons. The average molecular weight is 83.1 g/mol. The Labute approximate surface area is 37.9 Å². The van der Waals surface area contributed by atoms with E-state index in [0.29, 0.717) is 5.41 Å². The molecule has 0 saturated heterocycles. The fourth-order valence-corrected chi connectivity index (χ4v) is 0.342. The smallest absolute Gasteiger partial charge is 0.00220 e. The first-order valence-electron chi connectivity index (χ1n) is 2.28. The summed E-state index contributed by atoms with van der Waals surface area (Å²) in [6.45, 7) is 2.11. The van der Waals surface area contributed by atoms with Crippen LogP contribution in [0.1, 0.15) is 19.8 Å². The molecule has 6 heavy (non-hydrogen) atoms.